The lowest BCUT2D eigenvalue weighted by Crippen LogP contribution is -2.39. The molecule has 11 heteroatoms. The Bertz CT molecular complexity index is 2150. The molecule has 8 nitrogen and oxygen atoms in total. The molecule has 0 bridgehead atoms. The average Bonchev–Trinajstić information content (AvgIpc) is 3.13. The van der Waals surface area contributed by atoms with Gasteiger partial charge in [-0.2, -0.15) is 5.10 Å². The van der Waals surface area contributed by atoms with Gasteiger partial charge >= 0.3 is 0 Å². The number of hydrogen-bond donors (Lipinski definition) is 2. The second-order valence-electron chi connectivity index (χ2n) is 14.0. The van der Waals surface area contributed by atoms with Crippen LogP contribution in [0, 0.1) is 19.7 Å². The molecule has 2 aromatic heterocycles. The summed E-state index contributed by atoms with van der Waals surface area (Å²) >= 11 is 0. The second kappa shape index (κ2) is 14.8. The lowest BCUT2D eigenvalue weighted by Gasteiger charge is -2.33. The average molecular weight is 707 g/mol. The summed E-state index contributed by atoms with van der Waals surface area (Å²) in [5.74, 6) is -0.744. The topological polar surface area (TPSA) is 100 Å². The number of rotatable bonds is 9. The smallest absolute Gasteiger partial charge is 0.266 e. The van der Waals surface area contributed by atoms with Gasteiger partial charge in [0.2, 0.25) is 11.8 Å². The molecule has 1 unspecified atom stereocenters. The van der Waals surface area contributed by atoms with Gasteiger partial charge in [-0.15, -0.1) is 5.10 Å². The lowest BCUT2D eigenvalue weighted by atomic mass is 9.83. The van der Waals surface area contributed by atoms with Gasteiger partial charge in [0.05, 0.1) is 28.9 Å². The number of alkyl halides is 2. The van der Waals surface area contributed by atoms with Crippen LogP contribution in [0.15, 0.2) is 72.9 Å². The minimum Gasteiger partial charge on any atom is -0.361 e. The number of aryl methyl sites for hydroxylation is 2. The fourth-order valence-corrected chi connectivity index (χ4v) is 7.67. The summed E-state index contributed by atoms with van der Waals surface area (Å²) in [6.07, 6.45) is 1.85. The van der Waals surface area contributed by atoms with E-state index in [0.29, 0.717) is 30.3 Å². The molecule has 0 radical (unpaired) electrons. The number of pyridine rings is 1. The summed E-state index contributed by atoms with van der Waals surface area (Å²) < 4.78 is 41.7. The molecule has 2 atom stereocenters. The molecule has 3 aromatic carbocycles. The highest BCUT2D eigenvalue weighted by molar-refractivity contribution is 6.01. The molecule has 0 saturated carbocycles. The molecule has 52 heavy (non-hydrogen) atoms. The van der Waals surface area contributed by atoms with Crippen molar-refractivity contribution in [2.75, 3.05) is 18.4 Å². The maximum atomic E-state index is 15.0. The van der Waals surface area contributed by atoms with E-state index in [-0.39, 0.29) is 23.3 Å². The Kier molecular flexibility index (Phi) is 10.1. The van der Waals surface area contributed by atoms with Crippen molar-refractivity contribution in [3.05, 3.63) is 118 Å². The third-order valence-corrected chi connectivity index (χ3v) is 10.6. The molecule has 0 aliphatic carbocycles. The number of benzene rings is 3. The minimum atomic E-state index is -2.91. The monoisotopic (exact) mass is 706 g/mol. The van der Waals surface area contributed by atoms with Crippen molar-refractivity contribution in [3.63, 3.8) is 0 Å². The summed E-state index contributed by atoms with van der Waals surface area (Å²) in [6, 6.07) is 20.0. The number of carbonyl (C=O) groups excluding carboxylic acids is 2. The molecule has 2 fully saturated rings. The van der Waals surface area contributed by atoms with Crippen molar-refractivity contribution < 1.29 is 22.8 Å². The van der Waals surface area contributed by atoms with Crippen LogP contribution in [0.3, 0.4) is 0 Å². The van der Waals surface area contributed by atoms with Gasteiger partial charge in [-0.1, -0.05) is 54.6 Å². The van der Waals surface area contributed by atoms with E-state index >= 15 is 0 Å². The van der Waals surface area contributed by atoms with Crippen LogP contribution >= 0.6 is 0 Å². The maximum absolute atomic E-state index is 15.0. The number of hydrogen-bond acceptors (Lipinski definition) is 7. The zero-order valence-electron chi connectivity index (χ0n) is 29.4. The third kappa shape index (κ3) is 7.27. The van der Waals surface area contributed by atoms with Crippen molar-refractivity contribution in [1.29, 1.82) is 0 Å². The quantitative estimate of drug-likeness (QED) is 0.148. The summed E-state index contributed by atoms with van der Waals surface area (Å²) in [6.45, 7) is 8.39. The molecule has 268 valence electrons. The second-order valence-corrected chi connectivity index (χ2v) is 14.0. The number of likely N-dealkylation sites (tertiary alicyclic amines) is 1. The summed E-state index contributed by atoms with van der Waals surface area (Å²) in [5, 5.41) is 15.8. The van der Waals surface area contributed by atoms with Gasteiger partial charge in [0.1, 0.15) is 5.82 Å². The number of fused-ring (bicyclic) bond motifs is 1. The predicted octanol–water partition coefficient (Wildman–Crippen LogP) is 8.46. The third-order valence-electron chi connectivity index (χ3n) is 10.6. The predicted molar refractivity (Wildman–Crippen MR) is 194 cm³/mol. The van der Waals surface area contributed by atoms with E-state index in [0.717, 1.165) is 66.1 Å². The van der Waals surface area contributed by atoms with Crippen LogP contribution in [0.5, 0.6) is 0 Å². The Labute approximate surface area is 300 Å². The van der Waals surface area contributed by atoms with E-state index in [9.17, 15) is 22.8 Å². The first-order valence-corrected chi connectivity index (χ1v) is 17.8. The highest BCUT2D eigenvalue weighted by atomic mass is 19.3. The number of piperidine rings is 2. The van der Waals surface area contributed by atoms with Gasteiger partial charge < -0.3 is 5.32 Å². The number of aromatic nitrogens is 3. The number of carbonyl (C=O) groups is 2. The van der Waals surface area contributed by atoms with Crippen LogP contribution in [-0.4, -0.2) is 45.0 Å². The first-order chi connectivity index (χ1) is 25.0. The highest BCUT2D eigenvalue weighted by Crippen LogP contribution is 2.35. The minimum absolute atomic E-state index is 0.122. The van der Waals surface area contributed by atoms with Crippen molar-refractivity contribution in [2.45, 2.75) is 77.3 Å². The molecule has 7 rings (SSSR count). The number of nitrogens with one attached hydrogen (secondary N) is 2. The highest BCUT2D eigenvalue weighted by Gasteiger charge is 2.29. The van der Waals surface area contributed by atoms with Gasteiger partial charge in [-0.25, -0.2) is 13.2 Å². The van der Waals surface area contributed by atoms with E-state index in [1.54, 1.807) is 13.1 Å². The SMILES string of the molecule is Cc1cc(C2CCC(=O)NC2=O)ccc1C1CCN(Cc2cccc(-c3cc4c(N[C@H](C)c5cccc(C(F)F)c5F)nnc(C)c4cn3)c2)CC1. The van der Waals surface area contributed by atoms with Crippen molar-refractivity contribution in [1.82, 2.24) is 25.4 Å². The van der Waals surface area contributed by atoms with E-state index in [2.05, 4.69) is 63.0 Å². The molecule has 2 aliphatic rings. The van der Waals surface area contributed by atoms with Crippen LogP contribution in [0.2, 0.25) is 0 Å². The maximum Gasteiger partial charge on any atom is 0.266 e. The molecule has 2 amide bonds. The van der Waals surface area contributed by atoms with Crippen LogP contribution in [0.25, 0.3) is 22.0 Å². The van der Waals surface area contributed by atoms with Gasteiger partial charge in [0.25, 0.3) is 6.43 Å². The molecule has 4 heterocycles. The van der Waals surface area contributed by atoms with Gasteiger partial charge in [0.15, 0.2) is 5.82 Å². The lowest BCUT2D eigenvalue weighted by molar-refractivity contribution is -0.134. The Balaban J connectivity index is 1.03. The molecular formula is C41H41F3N6O2. The molecule has 2 N–H and O–H groups in total. The first kappa shape index (κ1) is 35.3. The largest absolute Gasteiger partial charge is 0.361 e. The van der Waals surface area contributed by atoms with E-state index in [4.69, 9.17) is 4.98 Å². The zero-order chi connectivity index (χ0) is 36.5. The number of imide groups is 1. The van der Waals surface area contributed by atoms with Gasteiger partial charge in [-0.3, -0.25) is 24.8 Å². The van der Waals surface area contributed by atoms with E-state index in [1.807, 2.05) is 25.1 Å². The molecular weight excluding hydrogens is 665 g/mol. The molecule has 2 aliphatic heterocycles. The van der Waals surface area contributed by atoms with Gasteiger partial charge in [-0.05, 0) is 93.4 Å². The van der Waals surface area contributed by atoms with Crippen molar-refractivity contribution >= 4 is 28.4 Å². The van der Waals surface area contributed by atoms with Crippen LogP contribution in [0.1, 0.15) is 96.0 Å². The Hall–Kier alpha value is -5.16. The zero-order valence-corrected chi connectivity index (χ0v) is 29.4. The molecule has 2 saturated heterocycles. The molecule has 0 spiro atoms. The normalized spacial score (nSPS) is 17.8. The van der Waals surface area contributed by atoms with Crippen LogP contribution in [0.4, 0.5) is 19.0 Å². The van der Waals surface area contributed by atoms with E-state index in [1.165, 1.54) is 28.8 Å². The Morgan fingerprint density at radius 1 is 0.923 bits per heavy atom. The fraction of sp³-hybridized carbons (Fsp3) is 0.341. The fourth-order valence-electron chi connectivity index (χ4n) is 7.67. The Morgan fingerprint density at radius 3 is 2.44 bits per heavy atom. The standard InChI is InChI=1S/C41H41F3N6O2/c1-23-18-28(32-12-13-37(51)47-41(32)52)10-11-30(23)27-14-16-50(17-15-27)22-26-6-4-7-29(19-26)36-20-34-35(21-45-36)25(3)48-49-40(34)46-24(2)31-8-5-9-33(38(31)42)39(43)44/h4-11,18-21,24,27,32,39H,12-17,22H2,1-3H3,(H,46,49)(H,47,51,52)/t24-,32?/m1/s1. The number of halogens is 3. The number of anilines is 1. The van der Waals surface area contributed by atoms with E-state index < -0.39 is 23.8 Å². The first-order valence-electron chi connectivity index (χ1n) is 17.8. The van der Waals surface area contributed by atoms with Crippen molar-refractivity contribution in [2.24, 2.45) is 0 Å². The van der Waals surface area contributed by atoms with Crippen molar-refractivity contribution in [3.8, 4) is 11.3 Å². The molecule has 5 aromatic rings. The summed E-state index contributed by atoms with van der Waals surface area (Å²) in [4.78, 5) is 31.2. The summed E-state index contributed by atoms with van der Waals surface area (Å²) in [7, 11) is 0. The van der Waals surface area contributed by atoms with Crippen LogP contribution < -0.4 is 10.6 Å². The number of amides is 2. The van der Waals surface area contributed by atoms with Crippen LogP contribution in [-0.2, 0) is 16.1 Å². The summed E-state index contributed by atoms with van der Waals surface area (Å²) in [5.41, 5.74) is 6.55. The number of nitrogens with zero attached hydrogens (tertiary/aromatic N) is 4. The Morgan fingerprint density at radius 2 is 1.69 bits per heavy atom. The van der Waals surface area contributed by atoms with Gasteiger partial charge in [0, 0.05) is 41.1 Å².